The van der Waals surface area contributed by atoms with Gasteiger partial charge in [0.15, 0.2) is 0 Å². The van der Waals surface area contributed by atoms with Crippen LogP contribution < -0.4 is 0 Å². The van der Waals surface area contributed by atoms with Crippen LogP contribution in [0.4, 0.5) is 0 Å². The van der Waals surface area contributed by atoms with Crippen molar-refractivity contribution in [3.8, 4) is 0 Å². The van der Waals surface area contributed by atoms with Gasteiger partial charge in [-0.25, -0.2) is 0 Å². The Labute approximate surface area is 108 Å². The quantitative estimate of drug-likeness (QED) is 0.484. The van der Waals surface area contributed by atoms with E-state index in [4.69, 9.17) is 16.0 Å². The number of hydrogen-bond donors (Lipinski definition) is 2. The minimum absolute atomic E-state index is 0. The Bertz CT molecular complexity index is 94.9. The van der Waals surface area contributed by atoms with E-state index in [9.17, 15) is 0 Å². The second-order valence-corrected chi connectivity index (χ2v) is 1.71. The van der Waals surface area contributed by atoms with Crippen LogP contribution in [0.3, 0.4) is 0 Å². The predicted octanol–water partition coefficient (Wildman–Crippen LogP) is -2.27. The van der Waals surface area contributed by atoms with Crippen LogP contribution in [-0.2, 0) is 21.0 Å². The van der Waals surface area contributed by atoms with Crippen LogP contribution in [0.25, 0.3) is 0 Å². The van der Waals surface area contributed by atoms with Gasteiger partial charge in [0, 0.05) is 35.6 Å². The Balaban J connectivity index is -0.0000000800. The Hall–Kier alpha value is 2.71. The summed E-state index contributed by atoms with van der Waals surface area (Å²) in [6.45, 7) is 0. The Morgan fingerprint density at radius 1 is 1.14 bits per heavy atom. The molecule has 0 saturated carbocycles. The van der Waals surface area contributed by atoms with Crippen molar-refractivity contribution in [2.24, 2.45) is 0 Å². The van der Waals surface area contributed by atoms with Crippen molar-refractivity contribution >= 4 is 45.5 Å². The summed E-state index contributed by atoms with van der Waals surface area (Å²) in [5.74, 6) is 0. The molecular weight excluding hydrogens is 345 g/mol. The fourth-order valence-corrected chi connectivity index (χ4v) is 0. The summed E-state index contributed by atoms with van der Waals surface area (Å²) in [7, 11) is 0. The van der Waals surface area contributed by atoms with Gasteiger partial charge in [0.05, 0.1) is 0 Å². The number of hydrogen-bond acceptors (Lipinski definition) is 2. The molecule has 0 aliphatic heterocycles. The van der Waals surface area contributed by atoms with Crippen LogP contribution in [-0.4, -0.2) is 53.9 Å². The Morgan fingerprint density at radius 3 is 1.14 bits per heavy atom. The predicted molar refractivity (Wildman–Crippen MR) is 14.4 cm³/mol. The zero-order valence-corrected chi connectivity index (χ0v) is 7.47. The molecule has 0 unspecified atom stereocenters. The molecule has 0 aromatic rings. The first kappa shape index (κ1) is 16.4. The van der Waals surface area contributed by atoms with Crippen LogP contribution in [0.15, 0.2) is 0 Å². The normalized spacial score (nSPS) is 8.29. The molecule has 0 aliphatic carbocycles. The molecule has 7 heavy (non-hydrogen) atoms. The first-order valence-electron chi connectivity index (χ1n) is 0.647. The molecule has 2 N–H and O–H groups in total. The third-order valence-corrected chi connectivity index (χ3v) is 0. The van der Waals surface area contributed by atoms with Gasteiger partial charge < -0.3 is 0 Å². The molecule has 0 aromatic carbocycles. The Morgan fingerprint density at radius 2 is 1.14 bits per heavy atom. The molecule has 0 bridgehead atoms. The van der Waals surface area contributed by atoms with Gasteiger partial charge in [0.25, 0.3) is 0 Å². The summed E-state index contributed by atoms with van der Waals surface area (Å²) in [6, 6.07) is 0. The van der Waals surface area contributed by atoms with Gasteiger partial charge in [-0.05, 0) is 0 Å². The molecule has 0 saturated heterocycles. The van der Waals surface area contributed by atoms with Crippen molar-refractivity contribution in [1.82, 2.24) is 0 Å². The van der Waals surface area contributed by atoms with Crippen LogP contribution in [0.2, 0.25) is 0 Å². The van der Waals surface area contributed by atoms with Crippen molar-refractivity contribution in [2.75, 3.05) is 0 Å². The van der Waals surface area contributed by atoms with Crippen molar-refractivity contribution < 1.29 is 65.0 Å². The molecule has 7 heteroatoms. The van der Waals surface area contributed by atoms with Gasteiger partial charge in [0.1, 0.15) is 0 Å². The first-order valence-corrected chi connectivity index (χ1v) is 2.67. The molecule has 0 spiro atoms. The van der Waals surface area contributed by atoms with Crippen molar-refractivity contribution in [3.05, 3.63) is 0 Å². The third-order valence-electron chi connectivity index (χ3n) is 0. The van der Waals surface area contributed by atoms with Gasteiger partial charge in [-0.15, -0.1) is 0 Å². The van der Waals surface area contributed by atoms with Gasteiger partial charge in [-0.1, -0.05) is 0 Å². The summed E-state index contributed by atoms with van der Waals surface area (Å²) in [5.41, 5.74) is 0. The molecule has 4 nitrogen and oxygen atoms in total. The topological polar surface area (TPSA) is 74.6 Å². The molecule has 0 rings (SSSR count). The molecule has 0 amide bonds. The average Bonchev–Trinajstić information content (AvgIpc) is 0.722. The van der Waals surface area contributed by atoms with E-state index in [2.05, 4.69) is 0 Å². The van der Waals surface area contributed by atoms with E-state index in [1.54, 1.807) is 0 Å². The van der Waals surface area contributed by atoms with Crippen LogP contribution in [0.1, 0.15) is 0 Å². The third kappa shape index (κ3) is 53.3. The maximum atomic E-state index is 8.80. The molecule has 0 heterocycles. The van der Waals surface area contributed by atoms with E-state index < -0.39 is 13.4 Å². The van der Waals surface area contributed by atoms with Crippen molar-refractivity contribution in [2.45, 2.75) is 0 Å². The molecule has 0 atom stereocenters. The zero-order valence-electron chi connectivity index (χ0n) is 2.67. The minimum atomic E-state index is -5.12. The van der Waals surface area contributed by atoms with E-state index in [-0.39, 0.29) is 81.1 Å². The second-order valence-electron chi connectivity index (χ2n) is 0.415. The van der Waals surface area contributed by atoms with Crippen LogP contribution in [0, 0.1) is 35.6 Å². The van der Waals surface area contributed by atoms with Crippen LogP contribution >= 0.6 is 0 Å². The number of rotatable bonds is 0. The van der Waals surface area contributed by atoms with Crippen molar-refractivity contribution in [3.63, 3.8) is 0 Å². The summed E-state index contributed by atoms with van der Waals surface area (Å²) in [4.78, 5) is 0. The summed E-state index contributed by atoms with van der Waals surface area (Å²) < 4.78 is 31.8. The van der Waals surface area contributed by atoms with E-state index in [1.807, 2.05) is 0 Å². The SMILES string of the molecule is [La].[O]=[Mn](=[O])([OH])[OH].[SrH2]. The van der Waals surface area contributed by atoms with E-state index in [1.165, 1.54) is 0 Å². The van der Waals surface area contributed by atoms with E-state index in [0.29, 0.717) is 0 Å². The summed E-state index contributed by atoms with van der Waals surface area (Å²) in [5, 5.41) is 0. The summed E-state index contributed by atoms with van der Waals surface area (Å²) in [6.07, 6.45) is 0. The molecule has 0 fully saturated rings. The van der Waals surface area contributed by atoms with Crippen molar-refractivity contribution in [1.29, 1.82) is 0 Å². The fourth-order valence-electron chi connectivity index (χ4n) is 0. The standard InChI is InChI=1S/La.Mn.2H2O.2O.Sr.2H/h;;2*1H2;;;;;/q;+2;;;;;;;/p-2. The van der Waals surface area contributed by atoms with Crippen LogP contribution in [0.5, 0.6) is 0 Å². The average molecular weight is 349 g/mol. The van der Waals surface area contributed by atoms with E-state index in [0.717, 1.165) is 0 Å². The second kappa shape index (κ2) is 6.83. The Kier molecular flexibility index (Phi) is 16.0. The summed E-state index contributed by atoms with van der Waals surface area (Å²) >= 11 is -5.12. The molecule has 40 valence electrons. The van der Waals surface area contributed by atoms with Gasteiger partial charge >= 0.3 is 74.9 Å². The molecule has 0 aromatic heterocycles. The van der Waals surface area contributed by atoms with Gasteiger partial charge in [-0.2, -0.15) is 0 Å². The fraction of sp³-hybridized carbons (Fsp3) is 0. The zero-order chi connectivity index (χ0) is 4.50. The van der Waals surface area contributed by atoms with Gasteiger partial charge in [-0.3, -0.25) is 0 Å². The molecule has 0 aliphatic rings. The maximum absolute atomic E-state index is 8.80. The molecule has 1 radical (unpaired) electrons. The van der Waals surface area contributed by atoms with E-state index >= 15 is 0 Å². The van der Waals surface area contributed by atoms with Gasteiger partial charge in [0.2, 0.25) is 0 Å². The first-order chi connectivity index (χ1) is 2.00. The monoisotopic (exact) mass is 350 g/mol. The molecular formula is H4LaMnO4Sr.